The Morgan fingerprint density at radius 2 is 2.20 bits per heavy atom. The van der Waals surface area contributed by atoms with Crippen LogP contribution in [0.1, 0.15) is 0 Å². The summed E-state index contributed by atoms with van der Waals surface area (Å²) in [6, 6.07) is 0. The Morgan fingerprint density at radius 3 is 2.70 bits per heavy atom. The third-order valence-electron chi connectivity index (χ3n) is 1.28. The van der Waals surface area contributed by atoms with Crippen LogP contribution in [0, 0.1) is 0 Å². The molecule has 1 N–H and O–H groups in total. The molecule has 0 radical (unpaired) electrons. The number of nitrogens with zero attached hydrogens (tertiary/aromatic N) is 1. The molecule has 4 heteroatoms. The molecule has 10 heavy (non-hydrogen) atoms. The molecule has 0 aromatic heterocycles. The van der Waals surface area contributed by atoms with Crippen molar-refractivity contribution < 1.29 is 9.59 Å². The Hall–Kier alpha value is -1.32. The van der Waals surface area contributed by atoms with Crippen molar-refractivity contribution in [1.82, 2.24) is 10.2 Å². The fourth-order valence-electron chi connectivity index (χ4n) is 0.779. The molecule has 1 rings (SSSR count). The number of rotatable bonds is 0. The first kappa shape index (κ1) is 6.80. The zero-order valence-electron chi connectivity index (χ0n) is 5.68. The first-order chi connectivity index (χ1) is 4.61. The maximum absolute atomic E-state index is 10.9. The van der Waals surface area contributed by atoms with Gasteiger partial charge >= 0.3 is 0 Å². The van der Waals surface area contributed by atoms with Crippen molar-refractivity contribution in [2.24, 2.45) is 0 Å². The van der Waals surface area contributed by atoms with Crippen LogP contribution in [-0.4, -0.2) is 30.3 Å². The largest absolute Gasteiger partial charge is 0.331 e. The number of hydrogen-bond acceptors (Lipinski definition) is 2. The fraction of sp³-hybridized carbons (Fsp3) is 0.333. The summed E-state index contributed by atoms with van der Waals surface area (Å²) >= 11 is 0. The lowest BCUT2D eigenvalue weighted by atomic mass is 10.3. The smallest absolute Gasteiger partial charge is 0.269 e. The Labute approximate surface area is 58.5 Å². The van der Waals surface area contributed by atoms with E-state index >= 15 is 0 Å². The van der Waals surface area contributed by atoms with E-state index in [0.29, 0.717) is 0 Å². The molecule has 1 heterocycles. The lowest BCUT2D eigenvalue weighted by molar-refractivity contribution is -0.136. The number of hydrogen-bond donors (Lipinski definition) is 1. The van der Waals surface area contributed by atoms with Gasteiger partial charge in [-0.25, -0.2) is 0 Å². The van der Waals surface area contributed by atoms with E-state index in [0.717, 1.165) is 0 Å². The van der Waals surface area contributed by atoms with Gasteiger partial charge in [0, 0.05) is 7.05 Å². The van der Waals surface area contributed by atoms with Crippen molar-refractivity contribution >= 4 is 11.8 Å². The number of likely N-dealkylation sites (N-methyl/N-ethyl adjacent to an activating group) is 1. The topological polar surface area (TPSA) is 49.4 Å². The third-order valence-corrected chi connectivity index (χ3v) is 1.28. The second kappa shape index (κ2) is 2.13. The van der Waals surface area contributed by atoms with Gasteiger partial charge in [-0.15, -0.1) is 0 Å². The molecule has 1 saturated heterocycles. The normalized spacial score (nSPS) is 19.3. The molecule has 0 spiro atoms. The van der Waals surface area contributed by atoms with Crippen LogP contribution in [0.25, 0.3) is 0 Å². The Balaban J connectivity index is 2.76. The number of amides is 2. The summed E-state index contributed by atoms with van der Waals surface area (Å²) in [7, 11) is 1.56. The van der Waals surface area contributed by atoms with Gasteiger partial charge in [-0.1, -0.05) is 6.58 Å². The van der Waals surface area contributed by atoms with E-state index in [4.69, 9.17) is 0 Å². The fourth-order valence-corrected chi connectivity index (χ4v) is 0.779. The zero-order valence-corrected chi connectivity index (χ0v) is 5.68. The molecule has 2 amide bonds. The van der Waals surface area contributed by atoms with Crippen molar-refractivity contribution in [3.05, 3.63) is 12.3 Å². The Kier molecular flexibility index (Phi) is 1.45. The maximum Gasteiger partial charge on any atom is 0.269 e. The van der Waals surface area contributed by atoms with E-state index in [1.807, 2.05) is 0 Å². The molecule has 0 saturated carbocycles. The predicted molar refractivity (Wildman–Crippen MR) is 34.9 cm³/mol. The van der Waals surface area contributed by atoms with Gasteiger partial charge in [0.2, 0.25) is 5.91 Å². The van der Waals surface area contributed by atoms with Crippen LogP contribution in [-0.2, 0) is 9.59 Å². The average molecular weight is 140 g/mol. The van der Waals surface area contributed by atoms with E-state index in [2.05, 4.69) is 11.9 Å². The van der Waals surface area contributed by atoms with E-state index < -0.39 is 0 Å². The van der Waals surface area contributed by atoms with Gasteiger partial charge in [0.25, 0.3) is 5.91 Å². The maximum atomic E-state index is 10.9. The van der Waals surface area contributed by atoms with Crippen molar-refractivity contribution in [3.63, 3.8) is 0 Å². The standard InChI is InChI=1S/C6H8N2O2/c1-4-6(10)8(2)3-5(9)7-4/h1,3H2,2H3,(H,7,9). The molecule has 1 aliphatic rings. The molecule has 0 unspecified atom stereocenters. The summed E-state index contributed by atoms with van der Waals surface area (Å²) in [4.78, 5) is 22.9. The molecule has 4 nitrogen and oxygen atoms in total. The van der Waals surface area contributed by atoms with E-state index in [-0.39, 0.29) is 24.1 Å². The highest BCUT2D eigenvalue weighted by Gasteiger charge is 2.22. The lowest BCUT2D eigenvalue weighted by Crippen LogP contribution is -2.47. The van der Waals surface area contributed by atoms with E-state index in [1.54, 1.807) is 7.05 Å². The summed E-state index contributed by atoms with van der Waals surface area (Å²) in [5.41, 5.74) is 0.152. The molecule has 0 aromatic rings. The van der Waals surface area contributed by atoms with Gasteiger partial charge in [-0.3, -0.25) is 9.59 Å². The summed E-state index contributed by atoms with van der Waals surface area (Å²) in [6.07, 6.45) is 0. The minimum absolute atomic E-state index is 0.123. The SMILES string of the molecule is C=C1NC(=O)CN(C)C1=O. The summed E-state index contributed by atoms with van der Waals surface area (Å²) < 4.78 is 0. The molecule has 0 atom stereocenters. The van der Waals surface area contributed by atoms with Crippen LogP contribution in [0.4, 0.5) is 0 Å². The minimum atomic E-state index is -0.223. The predicted octanol–water partition coefficient (Wildman–Crippen LogP) is -0.912. The zero-order chi connectivity index (χ0) is 7.72. The molecule has 54 valence electrons. The van der Waals surface area contributed by atoms with Gasteiger partial charge in [0.05, 0.1) is 12.2 Å². The Bertz CT molecular complexity index is 210. The second-order valence-corrected chi connectivity index (χ2v) is 2.19. The molecule has 0 bridgehead atoms. The summed E-state index contributed by atoms with van der Waals surface area (Å²) in [5, 5.41) is 2.33. The van der Waals surface area contributed by atoms with Crippen LogP contribution < -0.4 is 5.32 Å². The van der Waals surface area contributed by atoms with Gasteiger partial charge < -0.3 is 10.2 Å². The van der Waals surface area contributed by atoms with Crippen LogP contribution in [0.15, 0.2) is 12.3 Å². The van der Waals surface area contributed by atoms with Crippen LogP contribution in [0.2, 0.25) is 0 Å². The van der Waals surface area contributed by atoms with Crippen molar-refractivity contribution in [3.8, 4) is 0 Å². The average Bonchev–Trinajstić information content (AvgIpc) is 1.82. The number of carbonyl (C=O) groups excluding carboxylic acids is 2. The highest BCUT2D eigenvalue weighted by atomic mass is 16.2. The summed E-state index contributed by atoms with van der Waals surface area (Å²) in [6.45, 7) is 3.50. The quantitative estimate of drug-likeness (QED) is 0.443. The first-order valence-corrected chi connectivity index (χ1v) is 2.85. The highest BCUT2D eigenvalue weighted by Crippen LogP contribution is 1.99. The van der Waals surface area contributed by atoms with Crippen LogP contribution in [0.5, 0.6) is 0 Å². The third kappa shape index (κ3) is 1.00. The van der Waals surface area contributed by atoms with E-state index in [1.165, 1.54) is 4.90 Å². The molecular formula is C6H8N2O2. The van der Waals surface area contributed by atoms with E-state index in [9.17, 15) is 9.59 Å². The lowest BCUT2D eigenvalue weighted by Gasteiger charge is -2.23. The highest BCUT2D eigenvalue weighted by molar-refractivity contribution is 6.02. The number of piperazine rings is 1. The van der Waals surface area contributed by atoms with Gasteiger partial charge in [-0.2, -0.15) is 0 Å². The van der Waals surface area contributed by atoms with Gasteiger partial charge in [-0.05, 0) is 0 Å². The second-order valence-electron chi connectivity index (χ2n) is 2.19. The number of carbonyl (C=O) groups is 2. The Morgan fingerprint density at radius 1 is 1.60 bits per heavy atom. The molecular weight excluding hydrogens is 132 g/mol. The van der Waals surface area contributed by atoms with Crippen molar-refractivity contribution in [2.45, 2.75) is 0 Å². The van der Waals surface area contributed by atoms with Crippen molar-refractivity contribution in [2.75, 3.05) is 13.6 Å². The van der Waals surface area contributed by atoms with Crippen molar-refractivity contribution in [1.29, 1.82) is 0 Å². The summed E-state index contributed by atoms with van der Waals surface area (Å²) in [5.74, 6) is -0.410. The molecule has 1 fully saturated rings. The molecule has 0 aliphatic carbocycles. The molecule has 1 aliphatic heterocycles. The van der Waals surface area contributed by atoms with Crippen LogP contribution in [0.3, 0.4) is 0 Å². The van der Waals surface area contributed by atoms with Gasteiger partial charge in [0.1, 0.15) is 0 Å². The van der Waals surface area contributed by atoms with Gasteiger partial charge in [0.15, 0.2) is 0 Å². The number of nitrogens with one attached hydrogen (secondary N) is 1. The molecule has 0 aromatic carbocycles. The minimum Gasteiger partial charge on any atom is -0.331 e. The monoisotopic (exact) mass is 140 g/mol. The first-order valence-electron chi connectivity index (χ1n) is 2.85. The van der Waals surface area contributed by atoms with Crippen LogP contribution >= 0.6 is 0 Å².